The summed E-state index contributed by atoms with van der Waals surface area (Å²) in [5.74, 6) is -0.149. The number of nitrogens with one attached hydrogen (secondary N) is 1. The monoisotopic (exact) mass is 331 g/mol. The van der Waals surface area contributed by atoms with Gasteiger partial charge in [-0.05, 0) is 51.8 Å². The second-order valence-corrected chi connectivity index (χ2v) is 6.58. The quantitative estimate of drug-likeness (QED) is 0.883. The fourth-order valence-electron chi connectivity index (χ4n) is 2.73. The van der Waals surface area contributed by atoms with E-state index in [0.29, 0.717) is 12.6 Å². The number of aromatic nitrogens is 2. The molecule has 24 heavy (non-hydrogen) atoms. The number of anilines is 1. The van der Waals surface area contributed by atoms with Crippen molar-refractivity contribution in [1.82, 2.24) is 9.78 Å². The van der Waals surface area contributed by atoms with Crippen LogP contribution in [-0.4, -0.2) is 41.1 Å². The summed E-state index contributed by atoms with van der Waals surface area (Å²) in [6, 6.07) is 6.03. The Kier molecular flexibility index (Phi) is 5.16. The first-order chi connectivity index (χ1) is 11.5. The van der Waals surface area contributed by atoms with Crippen LogP contribution < -0.4 is 5.32 Å². The summed E-state index contributed by atoms with van der Waals surface area (Å²) in [6.45, 7) is 7.19. The predicted octanol–water partition coefficient (Wildman–Crippen LogP) is 3.14. The number of rotatable bonds is 6. The van der Waals surface area contributed by atoms with E-state index in [1.165, 1.54) is 0 Å². The lowest BCUT2D eigenvalue weighted by atomic mass is 10.2. The Balaban J connectivity index is 1.59. The Bertz CT molecular complexity index is 705. The van der Waals surface area contributed by atoms with Crippen LogP contribution in [0.4, 0.5) is 5.69 Å². The van der Waals surface area contributed by atoms with Crippen LogP contribution in [0.5, 0.6) is 0 Å². The molecule has 2 atom stereocenters. The fraction of sp³-hybridized carbons (Fsp3) is 0.556. The van der Waals surface area contributed by atoms with E-state index in [1.807, 2.05) is 29.1 Å². The lowest BCUT2D eigenvalue weighted by molar-refractivity contribution is -0.128. The Morgan fingerprint density at radius 2 is 2.29 bits per heavy atom. The van der Waals surface area contributed by atoms with Crippen LogP contribution in [0.25, 0.3) is 10.9 Å². The number of carbonyl (C=O) groups excluding carboxylic acids is 1. The molecule has 0 radical (unpaired) electrons. The van der Waals surface area contributed by atoms with Crippen molar-refractivity contribution in [2.75, 3.05) is 18.5 Å². The molecule has 0 bridgehead atoms. The maximum Gasteiger partial charge on any atom is 0.253 e. The molecule has 1 aliphatic heterocycles. The average Bonchev–Trinajstić information content (AvgIpc) is 3.21. The fourth-order valence-corrected chi connectivity index (χ4v) is 2.73. The summed E-state index contributed by atoms with van der Waals surface area (Å²) >= 11 is 0. The third kappa shape index (κ3) is 3.94. The molecular weight excluding hydrogens is 306 g/mol. The number of fused-ring (bicyclic) bond motifs is 1. The summed E-state index contributed by atoms with van der Waals surface area (Å²) in [4.78, 5) is 12.3. The van der Waals surface area contributed by atoms with Crippen LogP contribution in [0.1, 0.15) is 39.7 Å². The molecule has 3 rings (SSSR count). The maximum absolute atomic E-state index is 12.3. The van der Waals surface area contributed by atoms with Gasteiger partial charge in [0.15, 0.2) is 0 Å². The second-order valence-electron chi connectivity index (χ2n) is 6.58. The van der Waals surface area contributed by atoms with Gasteiger partial charge in [0.05, 0.1) is 18.2 Å². The number of carbonyl (C=O) groups is 1. The van der Waals surface area contributed by atoms with E-state index in [2.05, 4.69) is 24.3 Å². The van der Waals surface area contributed by atoms with Gasteiger partial charge >= 0.3 is 0 Å². The van der Waals surface area contributed by atoms with E-state index >= 15 is 0 Å². The van der Waals surface area contributed by atoms with Crippen molar-refractivity contribution in [3.63, 3.8) is 0 Å². The lowest BCUT2D eigenvalue weighted by Gasteiger charge is -2.16. The molecule has 1 aromatic carbocycles. The SMILES string of the molecule is CC(OCC1CCCO1)C(=O)Nc1ccc2nn(C(C)C)cc2c1. The highest BCUT2D eigenvalue weighted by atomic mass is 16.5. The molecule has 1 saturated heterocycles. The number of amides is 1. The third-order valence-corrected chi connectivity index (χ3v) is 4.24. The van der Waals surface area contributed by atoms with E-state index in [9.17, 15) is 4.79 Å². The normalized spacial score (nSPS) is 19.1. The van der Waals surface area contributed by atoms with Gasteiger partial charge in [-0.15, -0.1) is 0 Å². The largest absolute Gasteiger partial charge is 0.376 e. The molecule has 6 nitrogen and oxygen atoms in total. The van der Waals surface area contributed by atoms with Crippen molar-refractivity contribution in [3.05, 3.63) is 24.4 Å². The molecule has 0 saturated carbocycles. The minimum Gasteiger partial charge on any atom is -0.376 e. The molecule has 1 N–H and O–H groups in total. The molecule has 2 aromatic rings. The van der Waals surface area contributed by atoms with Crippen LogP contribution in [0.15, 0.2) is 24.4 Å². The second kappa shape index (κ2) is 7.32. The number of benzene rings is 1. The number of ether oxygens (including phenoxy) is 2. The number of nitrogens with zero attached hydrogens (tertiary/aromatic N) is 2. The van der Waals surface area contributed by atoms with E-state index in [0.717, 1.165) is 36.0 Å². The lowest BCUT2D eigenvalue weighted by Crippen LogP contribution is -2.30. The van der Waals surface area contributed by atoms with E-state index < -0.39 is 6.10 Å². The molecule has 0 aliphatic carbocycles. The number of hydrogen-bond donors (Lipinski definition) is 1. The summed E-state index contributed by atoms with van der Waals surface area (Å²) in [6.07, 6.45) is 3.68. The van der Waals surface area contributed by atoms with Crippen molar-refractivity contribution < 1.29 is 14.3 Å². The van der Waals surface area contributed by atoms with Crippen molar-refractivity contribution >= 4 is 22.5 Å². The molecule has 130 valence electrons. The van der Waals surface area contributed by atoms with Crippen molar-refractivity contribution in [3.8, 4) is 0 Å². The molecule has 1 fully saturated rings. The first-order valence-electron chi connectivity index (χ1n) is 8.56. The summed E-state index contributed by atoms with van der Waals surface area (Å²) in [7, 11) is 0. The minimum atomic E-state index is -0.511. The minimum absolute atomic E-state index is 0.124. The van der Waals surface area contributed by atoms with Gasteiger partial charge in [-0.3, -0.25) is 9.48 Å². The van der Waals surface area contributed by atoms with Gasteiger partial charge < -0.3 is 14.8 Å². The average molecular weight is 331 g/mol. The summed E-state index contributed by atoms with van der Waals surface area (Å²) in [5, 5.41) is 8.42. The highest BCUT2D eigenvalue weighted by Gasteiger charge is 2.20. The van der Waals surface area contributed by atoms with Gasteiger partial charge in [-0.1, -0.05) is 0 Å². The van der Waals surface area contributed by atoms with E-state index in [-0.39, 0.29) is 12.0 Å². The standard InChI is InChI=1S/C18H25N3O3/c1-12(2)21-10-14-9-15(6-7-17(14)20-21)19-18(22)13(3)24-11-16-5-4-8-23-16/h6-7,9-10,12-13,16H,4-5,8,11H2,1-3H3,(H,19,22). The van der Waals surface area contributed by atoms with Crippen LogP contribution >= 0.6 is 0 Å². The smallest absolute Gasteiger partial charge is 0.253 e. The van der Waals surface area contributed by atoms with Crippen LogP contribution in [-0.2, 0) is 14.3 Å². The molecule has 1 aliphatic rings. The van der Waals surface area contributed by atoms with Gasteiger partial charge in [0.1, 0.15) is 6.10 Å². The molecule has 2 heterocycles. The van der Waals surface area contributed by atoms with Gasteiger partial charge in [-0.25, -0.2) is 0 Å². The topological polar surface area (TPSA) is 65.4 Å². The highest BCUT2D eigenvalue weighted by molar-refractivity contribution is 5.96. The third-order valence-electron chi connectivity index (χ3n) is 4.24. The van der Waals surface area contributed by atoms with E-state index in [1.54, 1.807) is 6.92 Å². The van der Waals surface area contributed by atoms with Gasteiger partial charge in [0, 0.05) is 29.9 Å². The van der Waals surface area contributed by atoms with Crippen molar-refractivity contribution in [2.45, 2.75) is 51.9 Å². The Morgan fingerprint density at radius 1 is 1.46 bits per heavy atom. The molecule has 1 aromatic heterocycles. The molecule has 6 heteroatoms. The highest BCUT2D eigenvalue weighted by Crippen LogP contribution is 2.20. The van der Waals surface area contributed by atoms with Crippen LogP contribution in [0.2, 0.25) is 0 Å². The zero-order chi connectivity index (χ0) is 17.1. The Morgan fingerprint density at radius 3 is 3.00 bits per heavy atom. The summed E-state index contributed by atoms with van der Waals surface area (Å²) in [5.41, 5.74) is 1.67. The zero-order valence-electron chi connectivity index (χ0n) is 14.5. The zero-order valence-corrected chi connectivity index (χ0v) is 14.5. The number of hydrogen-bond acceptors (Lipinski definition) is 4. The molecule has 1 amide bonds. The Labute approximate surface area is 142 Å². The van der Waals surface area contributed by atoms with Crippen molar-refractivity contribution in [2.24, 2.45) is 0 Å². The molecule has 0 spiro atoms. The maximum atomic E-state index is 12.3. The van der Waals surface area contributed by atoms with Gasteiger partial charge in [0.2, 0.25) is 0 Å². The van der Waals surface area contributed by atoms with E-state index in [4.69, 9.17) is 9.47 Å². The van der Waals surface area contributed by atoms with Gasteiger partial charge in [0.25, 0.3) is 5.91 Å². The predicted molar refractivity (Wildman–Crippen MR) is 93.1 cm³/mol. The van der Waals surface area contributed by atoms with Crippen LogP contribution in [0.3, 0.4) is 0 Å². The molecular formula is C18H25N3O3. The molecule has 2 unspecified atom stereocenters. The van der Waals surface area contributed by atoms with Crippen molar-refractivity contribution in [1.29, 1.82) is 0 Å². The first-order valence-corrected chi connectivity index (χ1v) is 8.56. The first kappa shape index (κ1) is 16.9. The Hall–Kier alpha value is -1.92. The summed E-state index contributed by atoms with van der Waals surface area (Å²) < 4.78 is 13.1. The van der Waals surface area contributed by atoms with Crippen LogP contribution in [0, 0.1) is 0 Å². The van der Waals surface area contributed by atoms with Gasteiger partial charge in [-0.2, -0.15) is 5.10 Å².